The zero-order chi connectivity index (χ0) is 11.3. The van der Waals surface area contributed by atoms with Crippen LogP contribution in [0, 0.1) is 11.8 Å². The number of methoxy groups -OCH3 is 1. The number of hydrogen-bond acceptors (Lipinski definition) is 3. The largest absolute Gasteiger partial charge is 0.469 e. The van der Waals surface area contributed by atoms with E-state index in [-0.39, 0.29) is 11.9 Å². The maximum Gasteiger partial charge on any atom is 0.308 e. The Hall–Kier alpha value is -0.840. The van der Waals surface area contributed by atoms with E-state index in [2.05, 4.69) is 5.32 Å². The molecule has 0 heterocycles. The number of thiocarbonyl (C=S) groups is 1. The second kappa shape index (κ2) is 5.90. The van der Waals surface area contributed by atoms with Gasteiger partial charge in [-0.1, -0.05) is 0 Å². The van der Waals surface area contributed by atoms with Gasteiger partial charge in [0.15, 0.2) is 5.11 Å². The molecule has 1 rings (SSSR count). The lowest BCUT2D eigenvalue weighted by atomic mass is 9.82. The van der Waals surface area contributed by atoms with Crippen LogP contribution in [-0.2, 0) is 9.53 Å². The Kier molecular flexibility index (Phi) is 4.81. The van der Waals surface area contributed by atoms with Crippen LogP contribution >= 0.6 is 12.2 Å². The van der Waals surface area contributed by atoms with Gasteiger partial charge in [-0.25, -0.2) is 0 Å². The molecule has 1 aliphatic carbocycles. The molecule has 0 aromatic heterocycles. The summed E-state index contributed by atoms with van der Waals surface area (Å²) in [6, 6.07) is 0. The van der Waals surface area contributed by atoms with Gasteiger partial charge in [0.25, 0.3) is 0 Å². The molecule has 1 saturated carbocycles. The van der Waals surface area contributed by atoms with Crippen LogP contribution in [-0.4, -0.2) is 24.7 Å². The predicted molar refractivity (Wildman–Crippen MR) is 62.3 cm³/mol. The maximum absolute atomic E-state index is 11.3. The van der Waals surface area contributed by atoms with Gasteiger partial charge in [-0.3, -0.25) is 4.79 Å². The SMILES string of the molecule is COC(=O)C1CCC(CNC(N)=S)CC1. The number of esters is 1. The summed E-state index contributed by atoms with van der Waals surface area (Å²) in [5.74, 6) is 0.597. The molecule has 86 valence electrons. The van der Waals surface area contributed by atoms with Crippen LogP contribution in [0.15, 0.2) is 0 Å². The van der Waals surface area contributed by atoms with Crippen molar-refractivity contribution in [3.63, 3.8) is 0 Å². The lowest BCUT2D eigenvalue weighted by Crippen LogP contribution is -2.35. The van der Waals surface area contributed by atoms with Crippen LogP contribution in [0.3, 0.4) is 0 Å². The Morgan fingerprint density at radius 1 is 1.47 bits per heavy atom. The summed E-state index contributed by atoms with van der Waals surface area (Å²) in [5.41, 5.74) is 5.35. The van der Waals surface area contributed by atoms with Crippen molar-refractivity contribution in [2.24, 2.45) is 17.6 Å². The molecule has 0 amide bonds. The van der Waals surface area contributed by atoms with E-state index < -0.39 is 0 Å². The highest BCUT2D eigenvalue weighted by Gasteiger charge is 2.26. The first kappa shape index (κ1) is 12.2. The van der Waals surface area contributed by atoms with Gasteiger partial charge in [-0.2, -0.15) is 0 Å². The summed E-state index contributed by atoms with van der Waals surface area (Å²) < 4.78 is 4.73. The molecule has 0 aliphatic heterocycles. The Labute approximate surface area is 95.5 Å². The van der Waals surface area contributed by atoms with Gasteiger partial charge in [0, 0.05) is 6.54 Å². The van der Waals surface area contributed by atoms with Crippen molar-refractivity contribution in [3.05, 3.63) is 0 Å². The third-order valence-corrected chi connectivity index (χ3v) is 3.09. The van der Waals surface area contributed by atoms with Crippen molar-refractivity contribution >= 4 is 23.3 Å². The number of nitrogens with two attached hydrogens (primary N) is 1. The summed E-state index contributed by atoms with van der Waals surface area (Å²) in [4.78, 5) is 11.3. The topological polar surface area (TPSA) is 64.3 Å². The third-order valence-electron chi connectivity index (χ3n) is 2.95. The van der Waals surface area contributed by atoms with Crippen LogP contribution in [0.25, 0.3) is 0 Å². The monoisotopic (exact) mass is 230 g/mol. The number of hydrogen-bond donors (Lipinski definition) is 2. The van der Waals surface area contributed by atoms with Gasteiger partial charge in [-0.05, 0) is 43.8 Å². The summed E-state index contributed by atoms with van der Waals surface area (Å²) >= 11 is 4.74. The minimum atomic E-state index is -0.0734. The molecule has 3 N–H and O–H groups in total. The van der Waals surface area contributed by atoms with Crippen molar-refractivity contribution < 1.29 is 9.53 Å². The Bertz CT molecular complexity index is 238. The van der Waals surface area contributed by atoms with Crippen molar-refractivity contribution in [1.82, 2.24) is 5.32 Å². The normalized spacial score (nSPS) is 25.7. The molecule has 0 bridgehead atoms. The highest BCUT2D eigenvalue weighted by molar-refractivity contribution is 7.80. The van der Waals surface area contributed by atoms with Crippen molar-refractivity contribution in [2.45, 2.75) is 25.7 Å². The number of ether oxygens (including phenoxy) is 1. The number of carbonyl (C=O) groups is 1. The summed E-state index contributed by atoms with van der Waals surface area (Å²) in [5, 5.41) is 3.32. The van der Waals surface area contributed by atoms with Gasteiger partial charge >= 0.3 is 5.97 Å². The fourth-order valence-electron chi connectivity index (χ4n) is 2.01. The maximum atomic E-state index is 11.3. The van der Waals surface area contributed by atoms with Gasteiger partial charge in [0.2, 0.25) is 0 Å². The molecule has 0 radical (unpaired) electrons. The van der Waals surface area contributed by atoms with Gasteiger partial charge in [0.05, 0.1) is 13.0 Å². The van der Waals surface area contributed by atoms with Gasteiger partial charge in [-0.15, -0.1) is 0 Å². The number of carbonyl (C=O) groups excluding carboxylic acids is 1. The average molecular weight is 230 g/mol. The second-order valence-electron chi connectivity index (χ2n) is 3.99. The highest BCUT2D eigenvalue weighted by atomic mass is 32.1. The van der Waals surface area contributed by atoms with E-state index in [0.29, 0.717) is 11.0 Å². The van der Waals surface area contributed by atoms with Crippen LogP contribution < -0.4 is 11.1 Å². The van der Waals surface area contributed by atoms with Crippen LogP contribution in [0.1, 0.15) is 25.7 Å². The van der Waals surface area contributed by atoms with Gasteiger partial charge < -0.3 is 15.8 Å². The molecule has 5 heteroatoms. The summed E-state index contributed by atoms with van der Waals surface area (Å²) in [7, 11) is 1.45. The average Bonchev–Trinajstić information content (AvgIpc) is 2.26. The van der Waals surface area contributed by atoms with E-state index in [1.807, 2.05) is 0 Å². The first-order valence-electron chi connectivity index (χ1n) is 5.24. The van der Waals surface area contributed by atoms with E-state index in [1.54, 1.807) is 0 Å². The molecule has 1 aliphatic rings. The van der Waals surface area contributed by atoms with Crippen molar-refractivity contribution in [3.8, 4) is 0 Å². The molecule has 0 spiro atoms. The summed E-state index contributed by atoms with van der Waals surface area (Å²) in [6.07, 6.45) is 3.90. The van der Waals surface area contributed by atoms with Crippen molar-refractivity contribution in [2.75, 3.05) is 13.7 Å². The minimum Gasteiger partial charge on any atom is -0.469 e. The van der Waals surface area contributed by atoms with Crippen LogP contribution in [0.4, 0.5) is 0 Å². The van der Waals surface area contributed by atoms with E-state index in [4.69, 9.17) is 22.7 Å². The smallest absolute Gasteiger partial charge is 0.308 e. The third kappa shape index (κ3) is 4.03. The van der Waals surface area contributed by atoms with E-state index in [9.17, 15) is 4.79 Å². The zero-order valence-electron chi connectivity index (χ0n) is 8.99. The van der Waals surface area contributed by atoms with E-state index in [0.717, 1.165) is 32.2 Å². The quantitative estimate of drug-likeness (QED) is 0.554. The fraction of sp³-hybridized carbons (Fsp3) is 0.800. The fourth-order valence-corrected chi connectivity index (χ4v) is 2.10. The molecule has 0 aromatic carbocycles. The molecule has 0 atom stereocenters. The lowest BCUT2D eigenvalue weighted by Gasteiger charge is -2.26. The molecular formula is C10H18N2O2S. The predicted octanol–water partition coefficient (Wildman–Crippen LogP) is 0.799. The summed E-state index contributed by atoms with van der Waals surface area (Å²) in [6.45, 7) is 0.823. The molecular weight excluding hydrogens is 212 g/mol. The second-order valence-corrected chi connectivity index (χ2v) is 4.43. The lowest BCUT2D eigenvalue weighted by molar-refractivity contribution is -0.146. The number of nitrogens with one attached hydrogen (secondary N) is 1. The molecule has 0 aromatic rings. The Morgan fingerprint density at radius 2 is 2.07 bits per heavy atom. The highest BCUT2D eigenvalue weighted by Crippen LogP contribution is 2.28. The van der Waals surface area contributed by atoms with Crippen LogP contribution in [0.2, 0.25) is 0 Å². The first-order chi connectivity index (χ1) is 7.13. The Morgan fingerprint density at radius 3 is 2.53 bits per heavy atom. The molecule has 0 unspecified atom stereocenters. The standard InChI is InChI=1S/C10H18N2O2S/c1-14-9(13)8-4-2-7(3-5-8)6-12-10(11)15/h7-8H,2-6H2,1H3,(H3,11,12,15). The first-order valence-corrected chi connectivity index (χ1v) is 5.65. The minimum absolute atomic E-state index is 0.0734. The van der Waals surface area contributed by atoms with E-state index >= 15 is 0 Å². The van der Waals surface area contributed by atoms with Gasteiger partial charge in [0.1, 0.15) is 0 Å². The molecule has 0 saturated heterocycles. The zero-order valence-corrected chi connectivity index (χ0v) is 9.81. The Balaban J connectivity index is 2.23. The molecule has 1 fully saturated rings. The molecule has 15 heavy (non-hydrogen) atoms. The van der Waals surface area contributed by atoms with E-state index in [1.165, 1.54) is 7.11 Å². The van der Waals surface area contributed by atoms with Crippen LogP contribution in [0.5, 0.6) is 0 Å². The molecule has 4 nitrogen and oxygen atoms in total. The number of rotatable bonds is 3. The van der Waals surface area contributed by atoms with Crippen molar-refractivity contribution in [1.29, 1.82) is 0 Å².